The van der Waals surface area contributed by atoms with Crippen molar-refractivity contribution in [3.8, 4) is 5.75 Å². The van der Waals surface area contributed by atoms with E-state index in [9.17, 15) is 22.8 Å². The molecule has 3 aliphatic heterocycles. The van der Waals surface area contributed by atoms with Crippen LogP contribution in [-0.2, 0) is 26.2 Å². The predicted octanol–water partition coefficient (Wildman–Crippen LogP) is 0.496. The van der Waals surface area contributed by atoms with E-state index in [2.05, 4.69) is 5.32 Å². The lowest BCUT2D eigenvalue weighted by Gasteiger charge is -2.34. The molecule has 1 N–H and O–H groups in total. The number of piperidine rings is 2. The minimum absolute atomic E-state index is 0.178. The van der Waals surface area contributed by atoms with Crippen LogP contribution in [0.1, 0.15) is 42.1 Å². The van der Waals surface area contributed by atoms with Crippen molar-refractivity contribution >= 4 is 27.7 Å². The van der Waals surface area contributed by atoms with Crippen molar-refractivity contribution in [2.45, 2.75) is 44.9 Å². The number of benzene rings is 1. The molecule has 0 aliphatic carbocycles. The van der Waals surface area contributed by atoms with Gasteiger partial charge in [0.25, 0.3) is 5.91 Å². The molecule has 4 rings (SSSR count). The quantitative estimate of drug-likeness (QED) is 0.689. The molecule has 0 saturated carbocycles. The number of hydrogen-bond donors (Lipinski definition) is 1. The molecule has 2 saturated heterocycles. The molecule has 1 aromatic rings. The molecule has 9 nitrogen and oxygen atoms in total. The number of imide groups is 1. The van der Waals surface area contributed by atoms with E-state index < -0.39 is 22.0 Å². The average molecular weight is 436 g/mol. The lowest BCUT2D eigenvalue weighted by molar-refractivity contribution is -0.136. The average Bonchev–Trinajstić information content (AvgIpc) is 2.96. The Morgan fingerprint density at radius 2 is 1.93 bits per heavy atom. The summed E-state index contributed by atoms with van der Waals surface area (Å²) >= 11 is 0. The number of ether oxygens (including phenoxy) is 1. The molecule has 0 bridgehead atoms. The van der Waals surface area contributed by atoms with Crippen LogP contribution < -0.4 is 10.1 Å². The van der Waals surface area contributed by atoms with Crippen LogP contribution in [0, 0.1) is 5.92 Å². The van der Waals surface area contributed by atoms with E-state index in [-0.39, 0.29) is 36.8 Å². The largest absolute Gasteiger partial charge is 0.489 e. The molecule has 30 heavy (non-hydrogen) atoms. The Labute approximate surface area is 175 Å². The Bertz CT molecular complexity index is 1010. The van der Waals surface area contributed by atoms with Crippen molar-refractivity contribution in [1.82, 2.24) is 14.5 Å². The highest BCUT2D eigenvalue weighted by molar-refractivity contribution is 7.88. The molecule has 0 aromatic heterocycles. The van der Waals surface area contributed by atoms with Gasteiger partial charge >= 0.3 is 0 Å². The number of fused-ring (bicyclic) bond motifs is 1. The van der Waals surface area contributed by atoms with Gasteiger partial charge in [-0.3, -0.25) is 19.7 Å². The zero-order valence-electron chi connectivity index (χ0n) is 17.0. The highest BCUT2D eigenvalue weighted by Crippen LogP contribution is 2.31. The summed E-state index contributed by atoms with van der Waals surface area (Å²) in [5, 5.41) is 2.29. The third kappa shape index (κ3) is 4.06. The summed E-state index contributed by atoms with van der Waals surface area (Å²) in [4.78, 5) is 37.8. The second kappa shape index (κ2) is 7.66. The van der Waals surface area contributed by atoms with Gasteiger partial charge < -0.3 is 9.64 Å². The Morgan fingerprint density at radius 3 is 2.63 bits per heavy atom. The normalized spacial score (nSPS) is 27.7. The fourth-order valence-corrected chi connectivity index (χ4v) is 5.38. The smallest absolute Gasteiger partial charge is 0.255 e. The molecule has 3 aliphatic rings. The van der Waals surface area contributed by atoms with Crippen molar-refractivity contribution in [2.75, 3.05) is 19.3 Å². The molecular weight excluding hydrogens is 410 g/mol. The zero-order chi connectivity index (χ0) is 21.6. The van der Waals surface area contributed by atoms with E-state index in [1.54, 1.807) is 18.2 Å². The molecule has 0 spiro atoms. The van der Waals surface area contributed by atoms with Gasteiger partial charge in [0.1, 0.15) is 17.9 Å². The molecular formula is C20H25N3O6S. The zero-order valence-corrected chi connectivity index (χ0v) is 17.8. The van der Waals surface area contributed by atoms with Crippen LogP contribution in [0.3, 0.4) is 0 Å². The van der Waals surface area contributed by atoms with Gasteiger partial charge in [0, 0.05) is 25.1 Å². The van der Waals surface area contributed by atoms with Crippen molar-refractivity contribution in [2.24, 2.45) is 5.92 Å². The molecule has 10 heteroatoms. The van der Waals surface area contributed by atoms with Gasteiger partial charge in [-0.15, -0.1) is 0 Å². The van der Waals surface area contributed by atoms with Crippen LogP contribution in [0.25, 0.3) is 0 Å². The first-order valence-corrected chi connectivity index (χ1v) is 11.9. The van der Waals surface area contributed by atoms with Gasteiger partial charge in [0.2, 0.25) is 21.8 Å². The van der Waals surface area contributed by atoms with Crippen LogP contribution in [0.5, 0.6) is 5.75 Å². The Balaban J connectivity index is 1.48. The SMILES string of the molecule is C[C@@H]1C[C@@H](Oc2ccc3c(c2)CN(C2CCC(=O)NC2=O)C3=O)CN(S(C)(=O)=O)C1. The van der Waals surface area contributed by atoms with Crippen molar-refractivity contribution < 1.29 is 27.5 Å². The lowest BCUT2D eigenvalue weighted by Crippen LogP contribution is -2.52. The van der Waals surface area contributed by atoms with Crippen LogP contribution in [0.15, 0.2) is 18.2 Å². The van der Waals surface area contributed by atoms with Gasteiger partial charge in [-0.2, -0.15) is 4.31 Å². The molecule has 3 heterocycles. The maximum atomic E-state index is 12.8. The molecule has 1 aromatic carbocycles. The van der Waals surface area contributed by atoms with E-state index in [0.717, 1.165) is 12.0 Å². The summed E-state index contributed by atoms with van der Waals surface area (Å²) in [6.07, 6.45) is 2.19. The van der Waals surface area contributed by atoms with Crippen LogP contribution >= 0.6 is 0 Å². The fraction of sp³-hybridized carbons (Fsp3) is 0.550. The summed E-state index contributed by atoms with van der Waals surface area (Å²) in [5.41, 5.74) is 1.27. The summed E-state index contributed by atoms with van der Waals surface area (Å²) in [6.45, 7) is 3.04. The molecule has 3 amide bonds. The standard InChI is InChI=1S/C20H25N3O6S/c1-12-7-15(11-22(9-12)30(2,27)28)29-14-3-4-16-13(8-14)10-23(20(16)26)17-5-6-18(24)21-19(17)25/h3-4,8,12,15,17H,5-7,9-11H2,1-2H3,(H,21,24,25)/t12-,15-,17?/m1/s1. The Hall–Kier alpha value is -2.46. The Kier molecular flexibility index (Phi) is 5.31. The second-order valence-corrected chi connectivity index (χ2v) is 10.4. The van der Waals surface area contributed by atoms with E-state index in [1.807, 2.05) is 6.92 Å². The maximum absolute atomic E-state index is 12.8. The third-order valence-electron chi connectivity index (χ3n) is 5.85. The van der Waals surface area contributed by atoms with Gasteiger partial charge in [0.05, 0.1) is 12.8 Å². The lowest BCUT2D eigenvalue weighted by atomic mass is 9.99. The molecule has 3 atom stereocenters. The molecule has 1 unspecified atom stereocenters. The second-order valence-electron chi connectivity index (χ2n) is 8.38. The number of rotatable bonds is 4. The fourth-order valence-electron chi connectivity index (χ4n) is 4.42. The predicted molar refractivity (Wildman–Crippen MR) is 107 cm³/mol. The summed E-state index contributed by atoms with van der Waals surface area (Å²) < 4.78 is 31.4. The van der Waals surface area contributed by atoms with E-state index in [0.29, 0.717) is 30.8 Å². The maximum Gasteiger partial charge on any atom is 0.255 e. The molecule has 162 valence electrons. The minimum atomic E-state index is -3.29. The number of nitrogens with one attached hydrogen (secondary N) is 1. The first-order valence-electron chi connectivity index (χ1n) is 10.0. The molecule has 0 radical (unpaired) electrons. The summed E-state index contributed by atoms with van der Waals surface area (Å²) in [5.74, 6) is -0.251. The monoisotopic (exact) mass is 435 g/mol. The number of hydrogen-bond acceptors (Lipinski definition) is 6. The summed E-state index contributed by atoms with van der Waals surface area (Å²) in [7, 11) is -3.29. The van der Waals surface area contributed by atoms with Crippen LogP contribution in [-0.4, -0.2) is 66.8 Å². The van der Waals surface area contributed by atoms with Gasteiger partial charge in [-0.05, 0) is 42.5 Å². The number of carbonyl (C=O) groups excluding carboxylic acids is 3. The summed E-state index contributed by atoms with van der Waals surface area (Å²) in [6, 6.07) is 4.51. The van der Waals surface area contributed by atoms with Gasteiger partial charge in [-0.25, -0.2) is 8.42 Å². The van der Waals surface area contributed by atoms with Gasteiger partial charge in [-0.1, -0.05) is 6.92 Å². The minimum Gasteiger partial charge on any atom is -0.489 e. The number of carbonyl (C=O) groups is 3. The van der Waals surface area contributed by atoms with E-state index >= 15 is 0 Å². The van der Waals surface area contributed by atoms with E-state index in [4.69, 9.17) is 4.74 Å². The third-order valence-corrected chi connectivity index (χ3v) is 7.09. The highest BCUT2D eigenvalue weighted by Gasteiger charge is 2.39. The van der Waals surface area contributed by atoms with Crippen LogP contribution in [0.2, 0.25) is 0 Å². The van der Waals surface area contributed by atoms with Gasteiger partial charge in [0.15, 0.2) is 0 Å². The van der Waals surface area contributed by atoms with Crippen molar-refractivity contribution in [3.05, 3.63) is 29.3 Å². The van der Waals surface area contributed by atoms with Crippen LogP contribution in [0.4, 0.5) is 0 Å². The number of sulfonamides is 1. The first-order chi connectivity index (χ1) is 14.1. The topological polar surface area (TPSA) is 113 Å². The number of amides is 3. The first kappa shape index (κ1) is 20.8. The number of nitrogens with zero attached hydrogens (tertiary/aromatic N) is 2. The van der Waals surface area contributed by atoms with E-state index in [1.165, 1.54) is 15.5 Å². The molecule has 2 fully saturated rings. The van der Waals surface area contributed by atoms with Crippen molar-refractivity contribution in [3.63, 3.8) is 0 Å². The Morgan fingerprint density at radius 1 is 1.17 bits per heavy atom. The van der Waals surface area contributed by atoms with Crippen molar-refractivity contribution in [1.29, 1.82) is 0 Å². The highest BCUT2D eigenvalue weighted by atomic mass is 32.2.